The zero-order valence-corrected chi connectivity index (χ0v) is 13.1. The highest BCUT2D eigenvalue weighted by atomic mass is 127. The van der Waals surface area contributed by atoms with Crippen molar-refractivity contribution in [3.8, 4) is 0 Å². The molecule has 5 nitrogen and oxygen atoms in total. The number of carbonyl (C=O) groups is 1. The van der Waals surface area contributed by atoms with Crippen LogP contribution in [-0.4, -0.2) is 25.5 Å². The number of benzene rings is 1. The van der Waals surface area contributed by atoms with Crippen LogP contribution >= 0.6 is 22.6 Å². The van der Waals surface area contributed by atoms with Gasteiger partial charge >= 0.3 is 5.97 Å². The Kier molecular flexibility index (Phi) is 4.46. The summed E-state index contributed by atoms with van der Waals surface area (Å²) in [6.45, 7) is 0. The summed E-state index contributed by atoms with van der Waals surface area (Å²) < 4.78 is 27.5. The third-order valence-corrected chi connectivity index (χ3v) is 5.61. The van der Waals surface area contributed by atoms with Gasteiger partial charge in [-0.05, 0) is 53.6 Å². The fraction of sp³-hybridized carbons (Fsp3) is 0.417. The summed E-state index contributed by atoms with van der Waals surface area (Å²) in [5.74, 6) is -1.12. The number of carboxylic acids is 1. The summed E-state index contributed by atoms with van der Waals surface area (Å²) in [5.41, 5.74) is 0.00916. The molecule has 19 heavy (non-hydrogen) atoms. The molecule has 0 spiro atoms. The van der Waals surface area contributed by atoms with Crippen molar-refractivity contribution in [1.29, 1.82) is 0 Å². The number of nitrogens with one attached hydrogen (secondary N) is 1. The minimum atomic E-state index is -3.63. The number of hydrogen-bond donors (Lipinski definition) is 2. The molecule has 1 aliphatic carbocycles. The average Bonchev–Trinajstić information content (AvgIpc) is 2.80. The van der Waals surface area contributed by atoms with E-state index in [1.807, 2.05) is 22.6 Å². The average molecular weight is 395 g/mol. The highest BCUT2D eigenvalue weighted by Gasteiger charge is 2.24. The van der Waals surface area contributed by atoms with Gasteiger partial charge < -0.3 is 5.11 Å². The molecule has 2 rings (SSSR count). The summed E-state index contributed by atoms with van der Waals surface area (Å²) in [6, 6.07) is 4.12. The molecule has 0 radical (unpaired) electrons. The fourth-order valence-corrected chi connectivity index (χ4v) is 4.06. The summed E-state index contributed by atoms with van der Waals surface area (Å²) in [6.07, 6.45) is 3.74. The van der Waals surface area contributed by atoms with E-state index in [0.717, 1.165) is 25.7 Å². The maximum Gasteiger partial charge on any atom is 0.336 e. The van der Waals surface area contributed by atoms with Crippen LogP contribution in [-0.2, 0) is 10.0 Å². The highest BCUT2D eigenvalue weighted by molar-refractivity contribution is 14.1. The maximum absolute atomic E-state index is 12.2. The monoisotopic (exact) mass is 395 g/mol. The Labute approximate surface area is 125 Å². The standard InChI is InChI=1S/C12H14INO4S/c13-11-6-5-9(7-10(11)12(15)16)19(17,18)14-8-3-1-2-4-8/h5-8,14H,1-4H2,(H,15,16). The second-order valence-electron chi connectivity index (χ2n) is 4.55. The second kappa shape index (κ2) is 5.76. The topological polar surface area (TPSA) is 83.5 Å². The van der Waals surface area contributed by atoms with E-state index in [9.17, 15) is 13.2 Å². The SMILES string of the molecule is O=C(O)c1cc(S(=O)(=O)NC2CCCC2)ccc1I. The maximum atomic E-state index is 12.2. The smallest absolute Gasteiger partial charge is 0.336 e. The number of sulfonamides is 1. The Bertz CT molecular complexity index is 594. The molecule has 104 valence electrons. The van der Waals surface area contributed by atoms with Crippen molar-refractivity contribution in [3.63, 3.8) is 0 Å². The van der Waals surface area contributed by atoms with Gasteiger partial charge in [0.1, 0.15) is 0 Å². The summed E-state index contributed by atoms with van der Waals surface area (Å²) in [5, 5.41) is 9.02. The van der Waals surface area contributed by atoms with Gasteiger partial charge in [0.15, 0.2) is 0 Å². The van der Waals surface area contributed by atoms with E-state index < -0.39 is 16.0 Å². The van der Waals surface area contributed by atoms with Crippen molar-refractivity contribution in [2.24, 2.45) is 0 Å². The molecule has 0 amide bonds. The molecule has 7 heteroatoms. The normalized spacial score (nSPS) is 16.7. The van der Waals surface area contributed by atoms with Gasteiger partial charge in [0.25, 0.3) is 0 Å². The van der Waals surface area contributed by atoms with Gasteiger partial charge in [-0.2, -0.15) is 0 Å². The van der Waals surface area contributed by atoms with Crippen LogP contribution < -0.4 is 4.72 Å². The van der Waals surface area contributed by atoms with E-state index in [1.165, 1.54) is 18.2 Å². The molecule has 2 N–H and O–H groups in total. The van der Waals surface area contributed by atoms with Crippen molar-refractivity contribution in [2.45, 2.75) is 36.6 Å². The minimum absolute atomic E-state index is 0.00916. The molecule has 0 atom stereocenters. The van der Waals surface area contributed by atoms with Crippen molar-refractivity contribution < 1.29 is 18.3 Å². The second-order valence-corrected chi connectivity index (χ2v) is 7.43. The van der Waals surface area contributed by atoms with Crippen LogP contribution in [0.1, 0.15) is 36.0 Å². The van der Waals surface area contributed by atoms with E-state index >= 15 is 0 Å². The Balaban J connectivity index is 2.29. The molecular formula is C12H14INO4S. The van der Waals surface area contributed by atoms with Crippen LogP contribution in [0.3, 0.4) is 0 Å². The predicted octanol–water partition coefficient (Wildman–Crippen LogP) is 2.21. The molecule has 1 aromatic rings. The lowest BCUT2D eigenvalue weighted by molar-refractivity contribution is 0.0695. The van der Waals surface area contributed by atoms with Crippen LogP contribution in [0.2, 0.25) is 0 Å². The van der Waals surface area contributed by atoms with E-state index in [-0.39, 0.29) is 16.5 Å². The van der Waals surface area contributed by atoms with Crippen molar-refractivity contribution in [2.75, 3.05) is 0 Å². The number of rotatable bonds is 4. The van der Waals surface area contributed by atoms with Crippen LogP contribution in [0.5, 0.6) is 0 Å². The van der Waals surface area contributed by atoms with Gasteiger partial charge in [-0.25, -0.2) is 17.9 Å². The first-order valence-electron chi connectivity index (χ1n) is 5.95. The number of hydrogen-bond acceptors (Lipinski definition) is 3. The lowest BCUT2D eigenvalue weighted by Gasteiger charge is -2.13. The zero-order valence-electron chi connectivity index (χ0n) is 10.1. The zero-order chi connectivity index (χ0) is 14.0. The third-order valence-electron chi connectivity index (χ3n) is 3.16. The predicted molar refractivity (Wildman–Crippen MR) is 78.7 cm³/mol. The molecular weight excluding hydrogens is 381 g/mol. The number of halogens is 1. The van der Waals surface area contributed by atoms with Gasteiger partial charge in [-0.3, -0.25) is 0 Å². The molecule has 0 bridgehead atoms. The molecule has 0 aromatic heterocycles. The number of carboxylic acid groups (broad SMARTS) is 1. The van der Waals surface area contributed by atoms with Gasteiger partial charge in [-0.15, -0.1) is 0 Å². The van der Waals surface area contributed by atoms with Gasteiger partial charge in [0, 0.05) is 9.61 Å². The van der Waals surface area contributed by atoms with Crippen molar-refractivity contribution in [3.05, 3.63) is 27.3 Å². The first-order valence-corrected chi connectivity index (χ1v) is 8.51. The van der Waals surface area contributed by atoms with Crippen LogP contribution in [0.15, 0.2) is 23.1 Å². The van der Waals surface area contributed by atoms with E-state index in [0.29, 0.717) is 3.57 Å². The van der Waals surface area contributed by atoms with Gasteiger partial charge in [0.05, 0.1) is 10.5 Å². The molecule has 1 saturated carbocycles. The Morgan fingerprint density at radius 3 is 2.53 bits per heavy atom. The van der Waals surface area contributed by atoms with E-state index in [2.05, 4.69) is 4.72 Å². The summed E-state index contributed by atoms with van der Waals surface area (Å²) >= 11 is 1.87. The quantitative estimate of drug-likeness (QED) is 0.766. The first-order chi connectivity index (χ1) is 8.90. The third kappa shape index (κ3) is 3.46. The lowest BCUT2D eigenvalue weighted by atomic mass is 10.2. The molecule has 0 heterocycles. The molecule has 0 unspecified atom stereocenters. The van der Waals surface area contributed by atoms with Crippen molar-refractivity contribution in [1.82, 2.24) is 4.72 Å². The van der Waals surface area contributed by atoms with Gasteiger partial charge in [0.2, 0.25) is 10.0 Å². The Morgan fingerprint density at radius 1 is 1.32 bits per heavy atom. The van der Waals surface area contributed by atoms with Crippen molar-refractivity contribution >= 4 is 38.6 Å². The lowest BCUT2D eigenvalue weighted by Crippen LogP contribution is -2.32. The Hall–Kier alpha value is -0.670. The van der Waals surface area contributed by atoms with E-state index in [4.69, 9.17) is 5.11 Å². The summed E-state index contributed by atoms with van der Waals surface area (Å²) in [4.78, 5) is 11.0. The molecule has 0 saturated heterocycles. The summed E-state index contributed by atoms with van der Waals surface area (Å²) in [7, 11) is -3.63. The largest absolute Gasteiger partial charge is 0.478 e. The molecule has 1 fully saturated rings. The molecule has 1 aromatic carbocycles. The van der Waals surface area contributed by atoms with Crippen LogP contribution in [0, 0.1) is 3.57 Å². The molecule has 0 aliphatic heterocycles. The fourth-order valence-electron chi connectivity index (χ4n) is 2.17. The molecule has 1 aliphatic rings. The first kappa shape index (κ1) is 14.7. The Morgan fingerprint density at radius 2 is 1.95 bits per heavy atom. The highest BCUT2D eigenvalue weighted by Crippen LogP contribution is 2.22. The van der Waals surface area contributed by atoms with Gasteiger partial charge in [-0.1, -0.05) is 12.8 Å². The van der Waals surface area contributed by atoms with Crippen LogP contribution in [0.4, 0.5) is 0 Å². The number of aromatic carboxylic acids is 1. The minimum Gasteiger partial charge on any atom is -0.478 e. The van der Waals surface area contributed by atoms with E-state index in [1.54, 1.807) is 0 Å². The van der Waals surface area contributed by atoms with Crippen LogP contribution in [0.25, 0.3) is 0 Å².